The van der Waals surface area contributed by atoms with Gasteiger partial charge in [-0.15, -0.1) is 0 Å². The van der Waals surface area contributed by atoms with Crippen molar-refractivity contribution < 1.29 is 14.3 Å². The standard InChI is InChI=1S/C20H22N2O4S/c1-4-15(26-17-9-7-6-8-16(17)25-3)19(23)21-13-10-11-14-18(12-13)27-20(24)22(14)5-2/h6-12,15H,4-5H2,1-3H3,(H,21,23)/t15-/m0/s1. The number of aryl methyl sites for hydroxylation is 1. The predicted octanol–water partition coefficient (Wildman–Crippen LogP) is 3.89. The van der Waals surface area contributed by atoms with Crippen LogP contribution >= 0.6 is 11.3 Å². The zero-order chi connectivity index (χ0) is 19.4. The zero-order valence-electron chi connectivity index (χ0n) is 15.5. The van der Waals surface area contributed by atoms with Gasteiger partial charge in [0.15, 0.2) is 17.6 Å². The van der Waals surface area contributed by atoms with Crippen molar-refractivity contribution in [1.29, 1.82) is 0 Å². The van der Waals surface area contributed by atoms with Crippen molar-refractivity contribution in [3.63, 3.8) is 0 Å². The molecule has 1 atom stereocenters. The molecule has 0 radical (unpaired) electrons. The number of benzene rings is 2. The number of para-hydroxylation sites is 2. The molecule has 0 fully saturated rings. The van der Waals surface area contributed by atoms with Crippen LogP contribution in [0, 0.1) is 0 Å². The number of hydrogen-bond donors (Lipinski definition) is 1. The van der Waals surface area contributed by atoms with Gasteiger partial charge in [-0.05, 0) is 43.7 Å². The monoisotopic (exact) mass is 386 g/mol. The van der Waals surface area contributed by atoms with E-state index in [1.807, 2.05) is 38.1 Å². The molecule has 0 saturated heterocycles. The van der Waals surface area contributed by atoms with E-state index in [4.69, 9.17) is 9.47 Å². The molecular formula is C20H22N2O4S. The summed E-state index contributed by atoms with van der Waals surface area (Å²) >= 11 is 1.17. The van der Waals surface area contributed by atoms with Gasteiger partial charge >= 0.3 is 4.87 Å². The molecule has 0 aliphatic carbocycles. The minimum atomic E-state index is -0.657. The molecule has 27 heavy (non-hydrogen) atoms. The molecule has 0 aliphatic rings. The first kappa shape index (κ1) is 19.0. The Bertz CT molecular complexity index is 1010. The van der Waals surface area contributed by atoms with Crippen molar-refractivity contribution in [3.05, 3.63) is 52.1 Å². The third-order valence-corrected chi connectivity index (χ3v) is 5.20. The Balaban J connectivity index is 1.78. The molecular weight excluding hydrogens is 364 g/mol. The van der Waals surface area contributed by atoms with Crippen LogP contribution in [0.4, 0.5) is 5.69 Å². The maximum absolute atomic E-state index is 12.7. The van der Waals surface area contributed by atoms with E-state index in [2.05, 4.69) is 5.32 Å². The van der Waals surface area contributed by atoms with E-state index >= 15 is 0 Å². The van der Waals surface area contributed by atoms with Gasteiger partial charge in [-0.2, -0.15) is 0 Å². The Labute approximate surface area is 161 Å². The summed E-state index contributed by atoms with van der Waals surface area (Å²) in [7, 11) is 1.56. The summed E-state index contributed by atoms with van der Waals surface area (Å²) in [5, 5.41) is 2.88. The van der Waals surface area contributed by atoms with Gasteiger partial charge in [0.1, 0.15) is 0 Å². The molecule has 3 rings (SSSR count). The smallest absolute Gasteiger partial charge is 0.308 e. The number of nitrogens with zero attached hydrogens (tertiary/aromatic N) is 1. The lowest BCUT2D eigenvalue weighted by Gasteiger charge is -2.19. The molecule has 0 unspecified atom stereocenters. The second-order valence-corrected chi connectivity index (χ2v) is 6.94. The minimum Gasteiger partial charge on any atom is -0.493 e. The van der Waals surface area contributed by atoms with Gasteiger partial charge in [-0.3, -0.25) is 14.2 Å². The van der Waals surface area contributed by atoms with Crippen molar-refractivity contribution in [2.45, 2.75) is 32.9 Å². The molecule has 0 bridgehead atoms. The predicted molar refractivity (Wildman–Crippen MR) is 108 cm³/mol. The SMILES string of the molecule is CC[C@H](Oc1ccccc1OC)C(=O)Nc1ccc2c(c1)sc(=O)n2CC. The van der Waals surface area contributed by atoms with E-state index < -0.39 is 6.10 Å². The number of methoxy groups -OCH3 is 1. The fraction of sp³-hybridized carbons (Fsp3) is 0.300. The number of fused-ring (bicyclic) bond motifs is 1. The molecule has 6 nitrogen and oxygen atoms in total. The third kappa shape index (κ3) is 3.98. The normalized spacial score (nSPS) is 12.0. The highest BCUT2D eigenvalue weighted by molar-refractivity contribution is 7.16. The number of carbonyl (C=O) groups is 1. The average Bonchev–Trinajstić information content (AvgIpc) is 3.00. The Morgan fingerprint density at radius 1 is 1.19 bits per heavy atom. The van der Waals surface area contributed by atoms with E-state index in [0.29, 0.717) is 30.2 Å². The quantitative estimate of drug-likeness (QED) is 0.669. The number of aromatic nitrogens is 1. The van der Waals surface area contributed by atoms with Crippen LogP contribution in [0.1, 0.15) is 20.3 Å². The van der Waals surface area contributed by atoms with Gasteiger partial charge in [-0.1, -0.05) is 30.4 Å². The molecule has 0 saturated carbocycles. The van der Waals surface area contributed by atoms with Gasteiger partial charge < -0.3 is 14.8 Å². The Hall–Kier alpha value is -2.80. The third-order valence-electron chi connectivity index (χ3n) is 4.25. The summed E-state index contributed by atoms with van der Waals surface area (Å²) < 4.78 is 13.7. The summed E-state index contributed by atoms with van der Waals surface area (Å²) in [6, 6.07) is 12.7. The van der Waals surface area contributed by atoms with E-state index in [9.17, 15) is 9.59 Å². The second-order valence-electron chi connectivity index (χ2n) is 5.95. The van der Waals surface area contributed by atoms with Crippen molar-refractivity contribution in [3.8, 4) is 11.5 Å². The van der Waals surface area contributed by atoms with Crippen LogP contribution in [0.15, 0.2) is 47.3 Å². The minimum absolute atomic E-state index is 0.00178. The molecule has 142 valence electrons. The first-order chi connectivity index (χ1) is 13.1. The van der Waals surface area contributed by atoms with Crippen LogP contribution in [0.3, 0.4) is 0 Å². The van der Waals surface area contributed by atoms with Gasteiger partial charge in [0.2, 0.25) is 0 Å². The number of rotatable bonds is 7. The molecule has 2 aromatic carbocycles. The van der Waals surface area contributed by atoms with Gasteiger partial charge in [0.05, 0.1) is 17.3 Å². The summed E-state index contributed by atoms with van der Waals surface area (Å²) in [6.45, 7) is 4.44. The van der Waals surface area contributed by atoms with Crippen LogP contribution in [0.5, 0.6) is 11.5 Å². The largest absolute Gasteiger partial charge is 0.493 e. The number of carbonyl (C=O) groups excluding carboxylic acids is 1. The Morgan fingerprint density at radius 3 is 2.59 bits per heavy atom. The van der Waals surface area contributed by atoms with Crippen molar-refractivity contribution >= 4 is 33.1 Å². The number of amides is 1. The van der Waals surface area contributed by atoms with E-state index in [1.54, 1.807) is 29.9 Å². The molecule has 3 aromatic rings. The van der Waals surface area contributed by atoms with Gasteiger partial charge in [0.25, 0.3) is 5.91 Å². The first-order valence-corrected chi connectivity index (χ1v) is 9.63. The fourth-order valence-electron chi connectivity index (χ4n) is 2.86. The highest BCUT2D eigenvalue weighted by atomic mass is 32.1. The Kier molecular flexibility index (Phi) is 5.81. The molecule has 1 aromatic heterocycles. The topological polar surface area (TPSA) is 69.6 Å². The molecule has 0 spiro atoms. The van der Waals surface area contributed by atoms with E-state index in [0.717, 1.165) is 10.2 Å². The lowest BCUT2D eigenvalue weighted by molar-refractivity contribution is -0.122. The number of anilines is 1. The Morgan fingerprint density at radius 2 is 1.93 bits per heavy atom. The van der Waals surface area contributed by atoms with E-state index in [-0.39, 0.29) is 10.8 Å². The first-order valence-electron chi connectivity index (χ1n) is 8.81. The van der Waals surface area contributed by atoms with Crippen molar-refractivity contribution in [2.75, 3.05) is 12.4 Å². The van der Waals surface area contributed by atoms with Gasteiger partial charge in [0, 0.05) is 12.2 Å². The highest BCUT2D eigenvalue weighted by Gasteiger charge is 2.20. The maximum atomic E-state index is 12.7. The number of hydrogen-bond acceptors (Lipinski definition) is 5. The lowest BCUT2D eigenvalue weighted by Crippen LogP contribution is -2.32. The summed E-state index contributed by atoms with van der Waals surface area (Å²) in [4.78, 5) is 24.7. The summed E-state index contributed by atoms with van der Waals surface area (Å²) in [5.41, 5.74) is 1.52. The number of ether oxygens (including phenoxy) is 2. The highest BCUT2D eigenvalue weighted by Crippen LogP contribution is 2.28. The van der Waals surface area contributed by atoms with Crippen molar-refractivity contribution in [2.24, 2.45) is 0 Å². The molecule has 1 heterocycles. The maximum Gasteiger partial charge on any atom is 0.308 e. The van der Waals surface area contributed by atoms with Gasteiger partial charge in [-0.25, -0.2) is 0 Å². The van der Waals surface area contributed by atoms with E-state index in [1.165, 1.54) is 11.3 Å². The van der Waals surface area contributed by atoms with Crippen molar-refractivity contribution in [1.82, 2.24) is 4.57 Å². The molecule has 7 heteroatoms. The van der Waals surface area contributed by atoms with Crippen LogP contribution in [0.2, 0.25) is 0 Å². The molecule has 1 N–H and O–H groups in total. The number of nitrogens with one attached hydrogen (secondary N) is 1. The van der Waals surface area contributed by atoms with Crippen LogP contribution in [-0.2, 0) is 11.3 Å². The number of thiazole rings is 1. The summed E-state index contributed by atoms with van der Waals surface area (Å²) in [5.74, 6) is 0.858. The fourth-order valence-corrected chi connectivity index (χ4v) is 3.85. The summed E-state index contributed by atoms with van der Waals surface area (Å²) in [6.07, 6.45) is -0.151. The second kappa shape index (κ2) is 8.26. The molecule has 0 aliphatic heterocycles. The van der Waals surface area contributed by atoms with Crippen LogP contribution in [0.25, 0.3) is 10.2 Å². The molecule has 1 amide bonds. The lowest BCUT2D eigenvalue weighted by atomic mass is 10.2. The van der Waals surface area contributed by atoms with Crippen LogP contribution in [-0.4, -0.2) is 23.7 Å². The van der Waals surface area contributed by atoms with Crippen LogP contribution < -0.4 is 19.7 Å². The zero-order valence-corrected chi connectivity index (χ0v) is 16.3. The average molecular weight is 386 g/mol.